The maximum Gasteiger partial charge on any atom is 0.0266 e. The molecule has 1 atom stereocenters. The molecular formula is C15H23N. The average molecular weight is 217 g/mol. The third kappa shape index (κ3) is 2.85. The first-order valence-corrected chi connectivity index (χ1v) is 6.63. The van der Waals surface area contributed by atoms with Crippen LogP contribution in [0.5, 0.6) is 0 Å². The molecule has 1 aliphatic rings. The van der Waals surface area contributed by atoms with Gasteiger partial charge in [0.2, 0.25) is 0 Å². The van der Waals surface area contributed by atoms with Gasteiger partial charge in [0.05, 0.1) is 0 Å². The Bertz CT molecular complexity index is 305. The molecule has 1 aromatic carbocycles. The first-order valence-electron chi connectivity index (χ1n) is 6.63. The van der Waals surface area contributed by atoms with E-state index in [0.717, 1.165) is 5.92 Å². The molecule has 0 spiro atoms. The van der Waals surface area contributed by atoms with Crippen LogP contribution in [0.4, 0.5) is 0 Å². The van der Waals surface area contributed by atoms with Crippen molar-refractivity contribution in [2.75, 3.05) is 0 Å². The van der Waals surface area contributed by atoms with E-state index in [2.05, 4.69) is 24.3 Å². The molecule has 1 aromatic rings. The topological polar surface area (TPSA) is 26.0 Å². The van der Waals surface area contributed by atoms with Crippen LogP contribution in [0.3, 0.4) is 0 Å². The van der Waals surface area contributed by atoms with Crippen LogP contribution in [0.25, 0.3) is 0 Å². The van der Waals surface area contributed by atoms with Crippen molar-refractivity contribution in [3.63, 3.8) is 0 Å². The molecule has 1 saturated carbocycles. The monoisotopic (exact) mass is 217 g/mol. The SMILES string of the molecule is CC(N)c1ccc(C2CCCCCC2)cc1. The molecule has 2 N–H and O–H groups in total. The van der Waals surface area contributed by atoms with E-state index in [-0.39, 0.29) is 6.04 Å². The van der Waals surface area contributed by atoms with Crippen molar-refractivity contribution in [2.24, 2.45) is 5.73 Å². The van der Waals surface area contributed by atoms with Crippen LogP contribution in [0, 0.1) is 0 Å². The molecule has 0 aromatic heterocycles. The van der Waals surface area contributed by atoms with Gasteiger partial charge in [-0.05, 0) is 36.8 Å². The van der Waals surface area contributed by atoms with Crippen LogP contribution >= 0.6 is 0 Å². The van der Waals surface area contributed by atoms with E-state index in [1.807, 2.05) is 6.92 Å². The molecule has 16 heavy (non-hydrogen) atoms. The first-order chi connectivity index (χ1) is 7.77. The van der Waals surface area contributed by atoms with Gasteiger partial charge in [-0.1, -0.05) is 49.9 Å². The Balaban J connectivity index is 2.07. The third-order valence-electron chi connectivity index (χ3n) is 3.79. The Morgan fingerprint density at radius 3 is 2.06 bits per heavy atom. The van der Waals surface area contributed by atoms with E-state index in [1.54, 1.807) is 0 Å². The number of hydrogen-bond donors (Lipinski definition) is 1. The fourth-order valence-corrected chi connectivity index (χ4v) is 2.68. The summed E-state index contributed by atoms with van der Waals surface area (Å²) in [7, 11) is 0. The minimum absolute atomic E-state index is 0.156. The molecule has 1 nitrogen and oxygen atoms in total. The molecule has 0 bridgehead atoms. The first kappa shape index (κ1) is 11.7. The van der Waals surface area contributed by atoms with Crippen molar-refractivity contribution in [1.29, 1.82) is 0 Å². The van der Waals surface area contributed by atoms with Crippen LogP contribution in [0.15, 0.2) is 24.3 Å². The van der Waals surface area contributed by atoms with Crippen molar-refractivity contribution >= 4 is 0 Å². The van der Waals surface area contributed by atoms with E-state index in [9.17, 15) is 0 Å². The Labute approximate surface area is 99.0 Å². The lowest BCUT2D eigenvalue weighted by atomic mass is 9.91. The lowest BCUT2D eigenvalue weighted by Gasteiger charge is -2.15. The molecule has 0 aliphatic heterocycles. The molecule has 1 fully saturated rings. The van der Waals surface area contributed by atoms with E-state index < -0.39 is 0 Å². The van der Waals surface area contributed by atoms with E-state index in [4.69, 9.17) is 5.73 Å². The molecule has 2 rings (SSSR count). The summed E-state index contributed by atoms with van der Waals surface area (Å²) in [6, 6.07) is 9.13. The zero-order chi connectivity index (χ0) is 11.4. The van der Waals surface area contributed by atoms with Gasteiger partial charge in [-0.15, -0.1) is 0 Å². The molecule has 0 heterocycles. The highest BCUT2D eigenvalue weighted by molar-refractivity contribution is 5.27. The number of rotatable bonds is 2. The summed E-state index contributed by atoms with van der Waals surface area (Å²) >= 11 is 0. The van der Waals surface area contributed by atoms with Gasteiger partial charge in [-0.25, -0.2) is 0 Å². The smallest absolute Gasteiger partial charge is 0.0266 e. The Morgan fingerprint density at radius 1 is 1.00 bits per heavy atom. The van der Waals surface area contributed by atoms with Crippen LogP contribution in [-0.2, 0) is 0 Å². The van der Waals surface area contributed by atoms with Gasteiger partial charge in [0.1, 0.15) is 0 Å². The van der Waals surface area contributed by atoms with Crippen molar-refractivity contribution < 1.29 is 0 Å². The predicted molar refractivity (Wildman–Crippen MR) is 69.5 cm³/mol. The maximum atomic E-state index is 5.87. The van der Waals surface area contributed by atoms with Crippen LogP contribution in [0.1, 0.15) is 68.5 Å². The highest BCUT2D eigenvalue weighted by Gasteiger charge is 2.14. The van der Waals surface area contributed by atoms with Crippen LogP contribution < -0.4 is 5.73 Å². The summed E-state index contributed by atoms with van der Waals surface area (Å²) in [6.45, 7) is 2.04. The summed E-state index contributed by atoms with van der Waals surface area (Å²) in [5, 5.41) is 0. The molecule has 0 amide bonds. The quantitative estimate of drug-likeness (QED) is 0.740. The van der Waals surface area contributed by atoms with Crippen molar-refractivity contribution in [1.82, 2.24) is 0 Å². The standard InChI is InChI=1S/C15H23N/c1-12(16)13-8-10-15(11-9-13)14-6-4-2-3-5-7-14/h8-12,14H,2-7,16H2,1H3. The van der Waals surface area contributed by atoms with Crippen molar-refractivity contribution in [2.45, 2.75) is 57.4 Å². The highest BCUT2D eigenvalue weighted by Crippen LogP contribution is 2.31. The zero-order valence-corrected chi connectivity index (χ0v) is 10.3. The third-order valence-corrected chi connectivity index (χ3v) is 3.79. The Morgan fingerprint density at radius 2 is 1.56 bits per heavy atom. The normalized spacial score (nSPS) is 20.4. The molecule has 88 valence electrons. The van der Waals surface area contributed by atoms with Crippen molar-refractivity contribution in [3.8, 4) is 0 Å². The van der Waals surface area contributed by atoms with Crippen molar-refractivity contribution in [3.05, 3.63) is 35.4 Å². The molecule has 1 aliphatic carbocycles. The minimum atomic E-state index is 0.156. The predicted octanol–water partition coefficient (Wildman–Crippen LogP) is 4.14. The van der Waals surface area contributed by atoms with Gasteiger partial charge in [-0.2, -0.15) is 0 Å². The van der Waals surface area contributed by atoms with Crippen LogP contribution in [0.2, 0.25) is 0 Å². The Hall–Kier alpha value is -0.820. The van der Waals surface area contributed by atoms with Gasteiger partial charge in [0.25, 0.3) is 0 Å². The second-order valence-corrected chi connectivity index (χ2v) is 5.14. The van der Waals surface area contributed by atoms with E-state index in [1.165, 1.54) is 49.7 Å². The fourth-order valence-electron chi connectivity index (χ4n) is 2.68. The lowest BCUT2D eigenvalue weighted by Crippen LogP contribution is -2.05. The van der Waals surface area contributed by atoms with Gasteiger partial charge in [0, 0.05) is 6.04 Å². The summed E-state index contributed by atoms with van der Waals surface area (Å²) in [6.07, 6.45) is 8.40. The maximum absolute atomic E-state index is 5.87. The van der Waals surface area contributed by atoms with E-state index >= 15 is 0 Å². The summed E-state index contributed by atoms with van der Waals surface area (Å²) in [5.41, 5.74) is 8.63. The fraction of sp³-hybridized carbons (Fsp3) is 0.600. The zero-order valence-electron chi connectivity index (χ0n) is 10.3. The van der Waals surface area contributed by atoms with Gasteiger partial charge in [-0.3, -0.25) is 0 Å². The summed E-state index contributed by atoms with van der Waals surface area (Å²) in [4.78, 5) is 0. The Kier molecular flexibility index (Phi) is 4.00. The molecular weight excluding hydrogens is 194 g/mol. The molecule has 0 saturated heterocycles. The minimum Gasteiger partial charge on any atom is -0.324 e. The number of benzene rings is 1. The highest BCUT2D eigenvalue weighted by atomic mass is 14.6. The second-order valence-electron chi connectivity index (χ2n) is 5.14. The second kappa shape index (κ2) is 5.49. The average Bonchev–Trinajstić information content (AvgIpc) is 2.57. The summed E-state index contributed by atoms with van der Waals surface area (Å²) in [5.74, 6) is 0.796. The number of nitrogens with two attached hydrogens (primary N) is 1. The largest absolute Gasteiger partial charge is 0.324 e. The summed E-state index contributed by atoms with van der Waals surface area (Å²) < 4.78 is 0. The van der Waals surface area contributed by atoms with Gasteiger partial charge < -0.3 is 5.73 Å². The van der Waals surface area contributed by atoms with Crippen LogP contribution in [-0.4, -0.2) is 0 Å². The number of hydrogen-bond acceptors (Lipinski definition) is 1. The molecule has 1 heteroatoms. The lowest BCUT2D eigenvalue weighted by molar-refractivity contribution is 0.592. The van der Waals surface area contributed by atoms with E-state index in [0.29, 0.717) is 0 Å². The molecule has 0 radical (unpaired) electrons. The molecule has 1 unspecified atom stereocenters. The van der Waals surface area contributed by atoms with Gasteiger partial charge in [0.15, 0.2) is 0 Å². The van der Waals surface area contributed by atoms with Gasteiger partial charge >= 0.3 is 0 Å².